The van der Waals surface area contributed by atoms with Gasteiger partial charge in [-0.15, -0.1) is 0 Å². The number of H-pyrrole nitrogens is 1. The first-order chi connectivity index (χ1) is 13.5. The Hall–Kier alpha value is -2.64. The number of fused-ring (bicyclic) bond motifs is 1. The van der Waals surface area contributed by atoms with Gasteiger partial charge in [0.1, 0.15) is 0 Å². The molecular weight excluding hydrogens is 374 g/mol. The summed E-state index contributed by atoms with van der Waals surface area (Å²) in [5, 5.41) is 1.07. The van der Waals surface area contributed by atoms with E-state index in [1.54, 1.807) is 35.2 Å². The van der Waals surface area contributed by atoms with Gasteiger partial charge < -0.3 is 9.88 Å². The molecule has 28 heavy (non-hydrogen) atoms. The largest absolute Gasteiger partial charge is 0.358 e. The first-order valence-corrected chi connectivity index (χ1v) is 10.8. The summed E-state index contributed by atoms with van der Waals surface area (Å²) in [7, 11) is -3.51. The number of amides is 1. The molecule has 1 aromatic heterocycles. The summed E-state index contributed by atoms with van der Waals surface area (Å²) in [6.45, 7) is 3.43. The van der Waals surface area contributed by atoms with Crippen molar-refractivity contribution in [3.8, 4) is 0 Å². The van der Waals surface area contributed by atoms with E-state index in [-0.39, 0.29) is 5.91 Å². The number of aromatic amines is 1. The average molecular weight is 398 g/mol. The van der Waals surface area contributed by atoms with Crippen molar-refractivity contribution in [3.05, 3.63) is 65.9 Å². The number of aromatic nitrogens is 1. The van der Waals surface area contributed by atoms with Crippen molar-refractivity contribution < 1.29 is 13.2 Å². The van der Waals surface area contributed by atoms with Gasteiger partial charge in [0.05, 0.1) is 11.3 Å². The Labute approximate surface area is 164 Å². The van der Waals surface area contributed by atoms with Gasteiger partial charge in [-0.1, -0.05) is 36.4 Å². The van der Waals surface area contributed by atoms with Crippen molar-refractivity contribution in [2.24, 2.45) is 0 Å². The van der Waals surface area contributed by atoms with Crippen molar-refractivity contribution in [2.45, 2.75) is 18.2 Å². The van der Waals surface area contributed by atoms with Crippen LogP contribution in [-0.2, 0) is 21.2 Å². The molecule has 0 saturated carbocycles. The summed E-state index contributed by atoms with van der Waals surface area (Å²) < 4.78 is 26.9. The van der Waals surface area contributed by atoms with Crippen LogP contribution >= 0.6 is 0 Å². The standard InChI is InChI=1S/C21H23N3O3S/c1-16-19(18-9-5-6-10-20(18)22-16)15-21(25)23-11-13-24(14-12-23)28(26,27)17-7-3-2-4-8-17/h2-10,22H,11-15H2,1H3. The molecule has 1 N–H and O–H groups in total. The Kier molecular flexibility index (Phi) is 4.95. The molecule has 3 aromatic rings. The summed E-state index contributed by atoms with van der Waals surface area (Å²) >= 11 is 0. The zero-order valence-corrected chi connectivity index (χ0v) is 16.6. The molecule has 1 aliphatic rings. The molecule has 1 saturated heterocycles. The van der Waals surface area contributed by atoms with E-state index in [4.69, 9.17) is 0 Å². The molecule has 4 rings (SSSR count). The van der Waals surface area contributed by atoms with Crippen LogP contribution in [0.15, 0.2) is 59.5 Å². The van der Waals surface area contributed by atoms with Crippen molar-refractivity contribution in [2.75, 3.05) is 26.2 Å². The van der Waals surface area contributed by atoms with Crippen LogP contribution in [0.2, 0.25) is 0 Å². The number of sulfonamides is 1. The topological polar surface area (TPSA) is 73.5 Å². The van der Waals surface area contributed by atoms with Gasteiger partial charge in [0, 0.05) is 42.8 Å². The summed E-state index contributed by atoms with van der Waals surface area (Å²) in [5.41, 5.74) is 3.04. The number of nitrogens with one attached hydrogen (secondary N) is 1. The summed E-state index contributed by atoms with van der Waals surface area (Å²) in [6.07, 6.45) is 0.321. The van der Waals surface area contributed by atoms with Crippen molar-refractivity contribution in [3.63, 3.8) is 0 Å². The van der Waals surface area contributed by atoms with Gasteiger partial charge in [0.15, 0.2) is 0 Å². The van der Waals surface area contributed by atoms with Crippen LogP contribution in [0.3, 0.4) is 0 Å². The number of piperazine rings is 1. The fourth-order valence-electron chi connectivity index (χ4n) is 3.74. The molecule has 0 spiro atoms. The Morgan fingerprint density at radius 2 is 1.61 bits per heavy atom. The first kappa shape index (κ1) is 18.7. The van der Waals surface area contributed by atoms with Gasteiger partial charge >= 0.3 is 0 Å². The lowest BCUT2D eigenvalue weighted by molar-refractivity contribution is -0.131. The predicted molar refractivity (Wildman–Crippen MR) is 109 cm³/mol. The third-order valence-electron chi connectivity index (χ3n) is 5.33. The Morgan fingerprint density at radius 3 is 2.32 bits per heavy atom. The van der Waals surface area contributed by atoms with Crippen LogP contribution < -0.4 is 0 Å². The van der Waals surface area contributed by atoms with Gasteiger partial charge in [-0.05, 0) is 30.7 Å². The van der Waals surface area contributed by atoms with Crippen LogP contribution in [0.1, 0.15) is 11.3 Å². The molecule has 0 radical (unpaired) electrons. The number of para-hydroxylation sites is 1. The maximum atomic E-state index is 12.8. The smallest absolute Gasteiger partial charge is 0.243 e. The van der Waals surface area contributed by atoms with Crippen molar-refractivity contribution >= 4 is 26.8 Å². The molecule has 0 unspecified atom stereocenters. The lowest BCUT2D eigenvalue weighted by atomic mass is 10.1. The van der Waals surface area contributed by atoms with Crippen LogP contribution in [0.25, 0.3) is 10.9 Å². The molecule has 1 amide bonds. The van der Waals surface area contributed by atoms with Crippen LogP contribution in [0, 0.1) is 6.92 Å². The Bertz CT molecular complexity index is 1100. The highest BCUT2D eigenvalue weighted by Gasteiger charge is 2.30. The maximum absolute atomic E-state index is 12.8. The number of hydrogen-bond acceptors (Lipinski definition) is 3. The van der Waals surface area contributed by atoms with Gasteiger partial charge in [0.2, 0.25) is 15.9 Å². The van der Waals surface area contributed by atoms with Crippen LogP contribution in [-0.4, -0.2) is 54.7 Å². The molecule has 1 aliphatic heterocycles. The summed E-state index contributed by atoms with van der Waals surface area (Å²) in [5.74, 6) is 0.0320. The van der Waals surface area contributed by atoms with E-state index in [2.05, 4.69) is 4.98 Å². The molecule has 0 atom stereocenters. The molecule has 1 fully saturated rings. The number of rotatable bonds is 4. The maximum Gasteiger partial charge on any atom is 0.243 e. The lowest BCUT2D eigenvalue weighted by Gasteiger charge is -2.34. The van der Waals surface area contributed by atoms with Crippen LogP contribution in [0.4, 0.5) is 0 Å². The molecule has 2 aromatic carbocycles. The summed E-state index contributed by atoms with van der Waals surface area (Å²) in [6, 6.07) is 16.4. The number of hydrogen-bond donors (Lipinski definition) is 1. The van der Waals surface area contributed by atoms with Gasteiger partial charge in [-0.2, -0.15) is 4.31 Å². The average Bonchev–Trinajstić information content (AvgIpc) is 3.04. The quantitative estimate of drug-likeness (QED) is 0.735. The van der Waals surface area contributed by atoms with Gasteiger partial charge in [0.25, 0.3) is 0 Å². The van der Waals surface area contributed by atoms with Crippen LogP contribution in [0.5, 0.6) is 0 Å². The number of carbonyl (C=O) groups is 1. The third-order valence-corrected chi connectivity index (χ3v) is 7.24. The van der Waals surface area contributed by atoms with E-state index >= 15 is 0 Å². The SMILES string of the molecule is Cc1[nH]c2ccccc2c1CC(=O)N1CCN(S(=O)(=O)c2ccccc2)CC1. The third kappa shape index (κ3) is 3.43. The Balaban J connectivity index is 1.44. The van der Waals surface area contributed by atoms with E-state index in [1.165, 1.54) is 4.31 Å². The molecule has 7 heteroatoms. The zero-order valence-electron chi connectivity index (χ0n) is 15.8. The highest BCUT2D eigenvalue weighted by Crippen LogP contribution is 2.23. The molecule has 2 heterocycles. The minimum Gasteiger partial charge on any atom is -0.358 e. The second-order valence-electron chi connectivity index (χ2n) is 7.05. The monoisotopic (exact) mass is 397 g/mol. The number of carbonyl (C=O) groups excluding carboxylic acids is 1. The number of nitrogens with zero attached hydrogens (tertiary/aromatic N) is 2. The second-order valence-corrected chi connectivity index (χ2v) is 8.99. The fourth-order valence-corrected chi connectivity index (χ4v) is 5.19. The number of aryl methyl sites for hydroxylation is 1. The van der Waals surface area contributed by atoms with E-state index in [0.717, 1.165) is 22.2 Å². The zero-order chi connectivity index (χ0) is 19.7. The summed E-state index contributed by atoms with van der Waals surface area (Å²) in [4.78, 5) is 18.2. The molecule has 146 valence electrons. The minimum atomic E-state index is -3.51. The Morgan fingerprint density at radius 1 is 0.964 bits per heavy atom. The highest BCUT2D eigenvalue weighted by atomic mass is 32.2. The van der Waals surface area contributed by atoms with E-state index in [1.807, 2.05) is 31.2 Å². The molecule has 0 bridgehead atoms. The van der Waals surface area contributed by atoms with Crippen molar-refractivity contribution in [1.29, 1.82) is 0 Å². The van der Waals surface area contributed by atoms with Gasteiger partial charge in [-0.25, -0.2) is 8.42 Å². The highest BCUT2D eigenvalue weighted by molar-refractivity contribution is 7.89. The minimum absolute atomic E-state index is 0.0320. The van der Waals surface area contributed by atoms with E-state index in [9.17, 15) is 13.2 Å². The fraction of sp³-hybridized carbons (Fsp3) is 0.286. The molecule has 6 nitrogen and oxygen atoms in total. The molecular formula is C21H23N3O3S. The van der Waals surface area contributed by atoms with E-state index in [0.29, 0.717) is 37.5 Å². The number of benzene rings is 2. The lowest BCUT2D eigenvalue weighted by Crippen LogP contribution is -2.50. The predicted octanol–water partition coefficient (Wildman–Crippen LogP) is 2.55. The second kappa shape index (κ2) is 7.41. The van der Waals surface area contributed by atoms with E-state index < -0.39 is 10.0 Å². The van der Waals surface area contributed by atoms with Crippen molar-refractivity contribution in [1.82, 2.24) is 14.2 Å². The van der Waals surface area contributed by atoms with Gasteiger partial charge in [-0.3, -0.25) is 4.79 Å². The normalized spacial score (nSPS) is 15.8. The molecule has 0 aliphatic carbocycles. The first-order valence-electron chi connectivity index (χ1n) is 9.36.